The Morgan fingerprint density at radius 2 is 1.97 bits per heavy atom. The maximum absolute atomic E-state index is 14.0. The molecule has 0 radical (unpaired) electrons. The molecule has 7 nitrogen and oxygen atoms in total. The van der Waals surface area contributed by atoms with E-state index in [9.17, 15) is 14.4 Å². The van der Waals surface area contributed by atoms with Gasteiger partial charge in [-0.2, -0.15) is 5.26 Å². The first-order chi connectivity index (χ1) is 16.5. The highest BCUT2D eigenvalue weighted by Crippen LogP contribution is 2.34. The summed E-state index contributed by atoms with van der Waals surface area (Å²) in [5.74, 6) is 0.182. The number of carbonyl (C=O) groups excluding carboxylic acids is 1. The molecule has 0 saturated carbocycles. The number of anilines is 1. The Morgan fingerprint density at radius 1 is 1.18 bits per heavy atom. The molecule has 10 heteroatoms. The molecule has 0 N–H and O–H groups in total. The summed E-state index contributed by atoms with van der Waals surface area (Å²) in [5, 5.41) is 19.4. The number of halogens is 1. The predicted octanol–water partition coefficient (Wildman–Crippen LogP) is 4.86. The number of furan rings is 1. The van der Waals surface area contributed by atoms with Crippen LogP contribution in [0.3, 0.4) is 0 Å². The topological polar surface area (TPSA) is 86.3 Å². The number of hydrogen-bond donors (Lipinski definition) is 0. The van der Waals surface area contributed by atoms with Crippen molar-refractivity contribution in [2.24, 2.45) is 0 Å². The zero-order valence-corrected chi connectivity index (χ0v) is 20.0. The fourth-order valence-corrected chi connectivity index (χ4v) is 5.91. The van der Waals surface area contributed by atoms with Crippen molar-refractivity contribution in [2.45, 2.75) is 17.0 Å². The molecule has 4 aromatic rings. The number of aryl methyl sites for hydroxylation is 1. The third kappa shape index (κ3) is 4.24. The number of para-hydroxylation sites is 1. The van der Waals surface area contributed by atoms with E-state index in [1.165, 1.54) is 29.2 Å². The molecule has 0 bridgehead atoms. The maximum atomic E-state index is 14.0. The highest BCUT2D eigenvalue weighted by molar-refractivity contribution is 8.00. The summed E-state index contributed by atoms with van der Waals surface area (Å²) >= 11 is 3.05. The largest absolute Gasteiger partial charge is 0.451 e. The van der Waals surface area contributed by atoms with Gasteiger partial charge in [0.1, 0.15) is 28.0 Å². The zero-order valence-electron chi connectivity index (χ0n) is 18.3. The van der Waals surface area contributed by atoms with Gasteiger partial charge in [0.15, 0.2) is 10.1 Å². The first kappa shape index (κ1) is 22.4. The van der Waals surface area contributed by atoms with Crippen LogP contribution in [0, 0.1) is 24.1 Å². The number of rotatable bonds is 5. The third-order valence-corrected chi connectivity index (χ3v) is 7.75. The second kappa shape index (κ2) is 9.44. The normalized spacial score (nSPS) is 13.9. The van der Waals surface area contributed by atoms with Crippen molar-refractivity contribution in [1.29, 1.82) is 5.26 Å². The Bertz CT molecular complexity index is 1400. The monoisotopic (exact) mass is 493 g/mol. The quantitative estimate of drug-likeness (QED) is 0.367. The van der Waals surface area contributed by atoms with E-state index in [-0.39, 0.29) is 11.5 Å². The van der Waals surface area contributed by atoms with Crippen LogP contribution < -0.4 is 4.90 Å². The number of fused-ring (bicyclic) bond motifs is 1. The van der Waals surface area contributed by atoms with E-state index < -0.39 is 5.82 Å². The molecule has 34 heavy (non-hydrogen) atoms. The Hall–Kier alpha value is -3.42. The van der Waals surface area contributed by atoms with E-state index in [0.29, 0.717) is 49.0 Å². The van der Waals surface area contributed by atoms with Gasteiger partial charge >= 0.3 is 0 Å². The zero-order chi connectivity index (χ0) is 23.7. The number of hydrogen-bond acceptors (Lipinski definition) is 8. The van der Waals surface area contributed by atoms with Gasteiger partial charge in [0.2, 0.25) is 0 Å². The van der Waals surface area contributed by atoms with Gasteiger partial charge in [0.05, 0.1) is 5.69 Å². The lowest BCUT2D eigenvalue weighted by atomic mass is 10.1. The van der Waals surface area contributed by atoms with E-state index >= 15 is 0 Å². The molecule has 1 saturated heterocycles. The average molecular weight is 494 g/mol. The number of carbonyl (C=O) groups is 1. The van der Waals surface area contributed by atoms with Crippen molar-refractivity contribution in [3.8, 4) is 6.07 Å². The summed E-state index contributed by atoms with van der Waals surface area (Å²) in [4.78, 5) is 17.2. The van der Waals surface area contributed by atoms with Gasteiger partial charge in [0, 0.05) is 42.9 Å². The fourth-order valence-electron chi connectivity index (χ4n) is 4.07. The molecule has 5 rings (SSSR count). The van der Waals surface area contributed by atoms with Crippen LogP contribution in [-0.4, -0.2) is 47.2 Å². The average Bonchev–Trinajstić information content (AvgIpc) is 3.45. The smallest absolute Gasteiger partial charge is 0.290 e. The first-order valence-corrected chi connectivity index (χ1v) is 12.5. The number of nitrogens with zero attached hydrogens (tertiary/aromatic N) is 5. The van der Waals surface area contributed by atoms with Gasteiger partial charge in [-0.3, -0.25) is 4.79 Å². The van der Waals surface area contributed by atoms with Crippen molar-refractivity contribution in [1.82, 2.24) is 15.1 Å². The molecule has 0 spiro atoms. The standard InChI is InChI=1S/C24H20FN5O2S2/c1-15-27-28-24(34-15)33-14-18-16-5-2-3-8-21(16)32-22(18)23(31)30-11-9-29(10-12-30)20-7-4-6-19(25)17(20)13-26/h2-8H,9-12,14H2,1H3. The molecule has 2 aromatic heterocycles. The van der Waals surface area contributed by atoms with Gasteiger partial charge in [-0.05, 0) is 25.1 Å². The summed E-state index contributed by atoms with van der Waals surface area (Å²) in [7, 11) is 0. The minimum Gasteiger partial charge on any atom is -0.451 e. The molecule has 1 amide bonds. The lowest BCUT2D eigenvalue weighted by Gasteiger charge is -2.36. The van der Waals surface area contributed by atoms with Crippen molar-refractivity contribution >= 4 is 45.7 Å². The molecule has 2 aromatic carbocycles. The highest BCUT2D eigenvalue weighted by atomic mass is 32.2. The lowest BCUT2D eigenvalue weighted by Crippen LogP contribution is -2.49. The number of benzene rings is 2. The number of nitriles is 1. The van der Waals surface area contributed by atoms with Crippen molar-refractivity contribution in [3.05, 3.63) is 70.2 Å². The Balaban J connectivity index is 1.36. The number of aromatic nitrogens is 2. The van der Waals surface area contributed by atoms with Crippen molar-refractivity contribution < 1.29 is 13.6 Å². The third-order valence-electron chi connectivity index (χ3n) is 5.75. The van der Waals surface area contributed by atoms with Crippen LogP contribution in [0.5, 0.6) is 0 Å². The van der Waals surface area contributed by atoms with Crippen LogP contribution in [0.4, 0.5) is 10.1 Å². The van der Waals surface area contributed by atoms with Crippen LogP contribution in [0.25, 0.3) is 11.0 Å². The number of piperazine rings is 1. The van der Waals surface area contributed by atoms with Gasteiger partial charge in [-0.1, -0.05) is 47.4 Å². The second-order valence-corrected chi connectivity index (χ2v) is 10.2. The minimum absolute atomic E-state index is 0.0331. The minimum atomic E-state index is -0.534. The molecular weight excluding hydrogens is 473 g/mol. The van der Waals surface area contributed by atoms with Crippen LogP contribution in [-0.2, 0) is 5.75 Å². The van der Waals surface area contributed by atoms with Gasteiger partial charge in [-0.25, -0.2) is 4.39 Å². The Morgan fingerprint density at radius 3 is 2.71 bits per heavy atom. The number of thioether (sulfide) groups is 1. The molecule has 1 aliphatic rings. The molecular formula is C24H20FN5O2S2. The summed E-state index contributed by atoms with van der Waals surface area (Å²) in [5.41, 5.74) is 2.11. The number of amides is 1. The van der Waals surface area contributed by atoms with Crippen LogP contribution in [0.2, 0.25) is 0 Å². The summed E-state index contributed by atoms with van der Waals surface area (Å²) in [6.45, 7) is 3.79. The maximum Gasteiger partial charge on any atom is 0.290 e. The Labute approximate surface area is 203 Å². The Kier molecular flexibility index (Phi) is 6.22. The van der Waals surface area contributed by atoms with E-state index in [4.69, 9.17) is 4.42 Å². The van der Waals surface area contributed by atoms with Crippen LogP contribution in [0.1, 0.15) is 26.7 Å². The molecule has 1 fully saturated rings. The molecule has 172 valence electrons. The summed E-state index contributed by atoms with van der Waals surface area (Å²) < 4.78 is 20.9. The molecule has 0 atom stereocenters. The van der Waals surface area contributed by atoms with E-state index in [0.717, 1.165) is 20.3 Å². The van der Waals surface area contributed by atoms with Crippen LogP contribution in [0.15, 0.2) is 51.2 Å². The van der Waals surface area contributed by atoms with Crippen LogP contribution >= 0.6 is 23.1 Å². The molecule has 0 aliphatic carbocycles. The van der Waals surface area contributed by atoms with Gasteiger partial charge in [-0.15, -0.1) is 10.2 Å². The molecule has 0 unspecified atom stereocenters. The predicted molar refractivity (Wildman–Crippen MR) is 130 cm³/mol. The summed E-state index contributed by atoms with van der Waals surface area (Å²) in [6, 6.07) is 14.2. The molecule has 1 aliphatic heterocycles. The van der Waals surface area contributed by atoms with Crippen molar-refractivity contribution in [3.63, 3.8) is 0 Å². The van der Waals surface area contributed by atoms with E-state index in [1.54, 1.807) is 17.0 Å². The fraction of sp³-hybridized carbons (Fsp3) is 0.250. The SMILES string of the molecule is Cc1nnc(SCc2c(C(=O)N3CCN(c4cccc(F)c4C#N)CC3)oc3ccccc23)s1. The second-order valence-electron chi connectivity index (χ2n) is 7.81. The van der Waals surface area contributed by atoms with E-state index in [1.807, 2.05) is 42.2 Å². The highest BCUT2D eigenvalue weighted by Gasteiger charge is 2.29. The van der Waals surface area contributed by atoms with E-state index in [2.05, 4.69) is 10.2 Å². The first-order valence-electron chi connectivity index (χ1n) is 10.7. The summed E-state index contributed by atoms with van der Waals surface area (Å²) in [6.07, 6.45) is 0. The van der Waals surface area contributed by atoms with Gasteiger partial charge in [0.25, 0.3) is 5.91 Å². The lowest BCUT2D eigenvalue weighted by molar-refractivity contribution is 0.0716. The van der Waals surface area contributed by atoms with Gasteiger partial charge < -0.3 is 14.2 Å². The van der Waals surface area contributed by atoms with Crippen molar-refractivity contribution in [2.75, 3.05) is 31.1 Å². The molecule has 3 heterocycles.